The highest BCUT2D eigenvalue weighted by Crippen LogP contribution is 2.42. The third-order valence-electron chi connectivity index (χ3n) is 4.64. The van der Waals surface area contributed by atoms with E-state index in [2.05, 4.69) is 10.2 Å². The number of aliphatic hydroxyl groups is 2. The summed E-state index contributed by atoms with van der Waals surface area (Å²) in [6.45, 7) is -0.825. The number of nitrogen functional groups attached to an aromatic ring is 1. The summed E-state index contributed by atoms with van der Waals surface area (Å²) < 4.78 is 76.4. The lowest BCUT2D eigenvalue weighted by Gasteiger charge is -2.13. The minimum Gasteiger partial charge on any atom is -0.507 e. The molecule has 3 aromatic rings. The van der Waals surface area contributed by atoms with E-state index in [0.29, 0.717) is 6.07 Å². The van der Waals surface area contributed by atoms with Gasteiger partial charge < -0.3 is 30.5 Å². The molecule has 7 N–H and O–H groups in total. The monoisotopic (exact) mass is 543 g/mol. The first-order valence-electron chi connectivity index (χ1n) is 9.94. The highest BCUT2D eigenvalue weighted by atomic mass is 32.2. The fourth-order valence-corrected chi connectivity index (χ4v) is 4.36. The number of ether oxygens (including phenoxy) is 2. The van der Waals surface area contributed by atoms with Crippen LogP contribution >= 0.6 is 0 Å². The minimum atomic E-state index is -4.88. The largest absolute Gasteiger partial charge is 0.507 e. The third-order valence-corrected chi connectivity index (χ3v) is 6.38. The first-order chi connectivity index (χ1) is 16.9. The molecule has 0 saturated carbocycles. The molecular formula is C20H21N3O11S2. The lowest BCUT2D eigenvalue weighted by atomic mass is 10.1. The number of rotatable bonds is 10. The molecule has 14 nitrogen and oxygen atoms in total. The Bertz CT molecular complexity index is 1540. The molecule has 0 aliphatic carbocycles. The van der Waals surface area contributed by atoms with Crippen LogP contribution in [-0.4, -0.2) is 67.7 Å². The van der Waals surface area contributed by atoms with Gasteiger partial charge in [0.05, 0.1) is 34.9 Å². The normalized spacial score (nSPS) is 12.3. The molecule has 0 fully saturated rings. The Hall–Kier alpha value is -3.54. The molecule has 0 bridgehead atoms. The van der Waals surface area contributed by atoms with Crippen LogP contribution in [0.5, 0.6) is 17.2 Å². The minimum absolute atomic E-state index is 0.0339. The fraction of sp³-hybridized carbons (Fsp3) is 0.200. The van der Waals surface area contributed by atoms with Crippen LogP contribution in [0.4, 0.5) is 17.1 Å². The molecule has 0 spiro atoms. The molecule has 0 heterocycles. The molecule has 3 aromatic carbocycles. The number of nitrogens with zero attached hydrogens (tertiary/aromatic N) is 2. The molecule has 0 aliphatic heterocycles. The van der Waals surface area contributed by atoms with Crippen molar-refractivity contribution in [3.63, 3.8) is 0 Å². The Morgan fingerprint density at radius 3 is 2.00 bits per heavy atom. The zero-order valence-corrected chi connectivity index (χ0v) is 19.9. The predicted octanol–water partition coefficient (Wildman–Crippen LogP) is 1.78. The van der Waals surface area contributed by atoms with E-state index in [1.165, 1.54) is 12.1 Å². The molecular weight excluding hydrogens is 522 g/mol. The van der Waals surface area contributed by atoms with Crippen LogP contribution in [0, 0.1) is 0 Å². The topological polar surface area (TPSA) is 239 Å². The van der Waals surface area contributed by atoms with Gasteiger partial charge in [-0.25, -0.2) is 0 Å². The summed E-state index contributed by atoms with van der Waals surface area (Å²) in [7, 11) is -9.73. The number of phenols is 1. The van der Waals surface area contributed by atoms with Crippen molar-refractivity contribution in [3.05, 3.63) is 36.4 Å². The maximum Gasteiger partial charge on any atom is 0.295 e. The molecule has 0 unspecified atom stereocenters. The van der Waals surface area contributed by atoms with Gasteiger partial charge in [-0.2, -0.15) is 16.8 Å². The molecule has 36 heavy (non-hydrogen) atoms. The maximum absolute atomic E-state index is 11.8. The van der Waals surface area contributed by atoms with Crippen molar-refractivity contribution in [3.8, 4) is 17.2 Å². The van der Waals surface area contributed by atoms with Gasteiger partial charge in [0.25, 0.3) is 20.2 Å². The second-order valence-electron chi connectivity index (χ2n) is 7.10. The number of anilines is 1. The summed E-state index contributed by atoms with van der Waals surface area (Å²) in [5, 5.41) is 35.8. The van der Waals surface area contributed by atoms with E-state index in [4.69, 9.17) is 25.4 Å². The van der Waals surface area contributed by atoms with Gasteiger partial charge in [0.15, 0.2) is 0 Å². The Morgan fingerprint density at radius 2 is 1.42 bits per heavy atom. The quantitative estimate of drug-likeness (QED) is 0.122. The fourth-order valence-electron chi connectivity index (χ4n) is 3.15. The van der Waals surface area contributed by atoms with Crippen molar-refractivity contribution >= 4 is 48.1 Å². The molecule has 16 heteroatoms. The Kier molecular flexibility index (Phi) is 7.97. The lowest BCUT2D eigenvalue weighted by molar-refractivity contribution is 0.199. The number of aliphatic hydroxyl groups excluding tert-OH is 2. The highest BCUT2D eigenvalue weighted by molar-refractivity contribution is 7.86. The maximum atomic E-state index is 11.8. The standard InChI is InChI=1S/C20H21N3O11S2/c21-13-9-18(34-6-4-25)15(10-17(13)33-5-3-24)23-22-14-1-2-19(36(30,31)32)12-7-11(35(27,28)29)8-16(26)20(12)14/h1-2,7-10,24-26H,3-6,21H2,(H,27,28,29)(H,30,31,32). The first kappa shape index (κ1) is 27.1. The van der Waals surface area contributed by atoms with Crippen LogP contribution in [0.25, 0.3) is 10.8 Å². The highest BCUT2D eigenvalue weighted by Gasteiger charge is 2.22. The third kappa shape index (κ3) is 5.99. The summed E-state index contributed by atoms with van der Waals surface area (Å²) in [6.07, 6.45) is 0. The van der Waals surface area contributed by atoms with Crippen LogP contribution in [-0.2, 0) is 20.2 Å². The van der Waals surface area contributed by atoms with Gasteiger partial charge in [-0.05, 0) is 18.2 Å². The Balaban J connectivity index is 2.23. The number of hydrogen-bond acceptors (Lipinski definition) is 12. The van der Waals surface area contributed by atoms with Gasteiger partial charge in [-0.15, -0.1) is 10.2 Å². The predicted molar refractivity (Wildman–Crippen MR) is 125 cm³/mol. The van der Waals surface area contributed by atoms with Crippen molar-refractivity contribution in [2.75, 3.05) is 32.2 Å². The second-order valence-corrected chi connectivity index (χ2v) is 9.91. The van der Waals surface area contributed by atoms with Crippen molar-refractivity contribution in [1.29, 1.82) is 0 Å². The zero-order valence-electron chi connectivity index (χ0n) is 18.3. The molecule has 194 valence electrons. The first-order valence-corrected chi connectivity index (χ1v) is 12.8. The van der Waals surface area contributed by atoms with Crippen molar-refractivity contribution in [2.45, 2.75) is 9.79 Å². The number of azo groups is 1. The van der Waals surface area contributed by atoms with Gasteiger partial charge in [0, 0.05) is 23.6 Å². The summed E-state index contributed by atoms with van der Waals surface area (Å²) in [5.41, 5.74) is 5.92. The van der Waals surface area contributed by atoms with Crippen molar-refractivity contribution < 1.29 is 50.7 Å². The van der Waals surface area contributed by atoms with Crippen LogP contribution < -0.4 is 15.2 Å². The number of phenolic OH excluding ortho intramolecular Hbond substituents is 1. The van der Waals surface area contributed by atoms with Gasteiger partial charge in [-0.3, -0.25) is 9.11 Å². The molecule has 0 aliphatic rings. The zero-order chi connectivity index (χ0) is 26.7. The average molecular weight is 544 g/mol. The lowest BCUT2D eigenvalue weighted by Crippen LogP contribution is -2.05. The van der Waals surface area contributed by atoms with E-state index in [1.807, 2.05) is 0 Å². The molecule has 0 radical (unpaired) electrons. The summed E-state index contributed by atoms with van der Waals surface area (Å²) >= 11 is 0. The van der Waals surface area contributed by atoms with Crippen LogP contribution in [0.3, 0.4) is 0 Å². The van der Waals surface area contributed by atoms with Gasteiger partial charge >= 0.3 is 0 Å². The van der Waals surface area contributed by atoms with Crippen LogP contribution in [0.15, 0.2) is 56.4 Å². The number of nitrogens with two attached hydrogens (primary N) is 1. The van der Waals surface area contributed by atoms with E-state index < -0.39 is 41.2 Å². The summed E-state index contributed by atoms with van der Waals surface area (Å²) in [5.74, 6) is -0.569. The molecule has 0 atom stereocenters. The van der Waals surface area contributed by atoms with Crippen LogP contribution in [0.2, 0.25) is 0 Å². The van der Waals surface area contributed by atoms with E-state index in [9.17, 15) is 31.0 Å². The number of hydrogen-bond donors (Lipinski definition) is 6. The summed E-state index contributed by atoms with van der Waals surface area (Å²) in [6, 6.07) is 6.08. The van der Waals surface area contributed by atoms with E-state index in [0.717, 1.165) is 18.2 Å². The van der Waals surface area contributed by atoms with Gasteiger partial charge in [0.2, 0.25) is 0 Å². The molecule has 3 rings (SSSR count). The van der Waals surface area contributed by atoms with Crippen molar-refractivity contribution in [1.82, 2.24) is 0 Å². The molecule has 0 aromatic heterocycles. The van der Waals surface area contributed by atoms with Crippen LogP contribution in [0.1, 0.15) is 0 Å². The molecule has 0 amide bonds. The number of fused-ring (bicyclic) bond motifs is 1. The number of benzene rings is 3. The second kappa shape index (κ2) is 10.6. The molecule has 0 saturated heterocycles. The van der Waals surface area contributed by atoms with Crippen molar-refractivity contribution in [2.24, 2.45) is 10.2 Å². The Morgan fingerprint density at radius 1 is 0.806 bits per heavy atom. The number of aromatic hydroxyl groups is 1. The van der Waals surface area contributed by atoms with Gasteiger partial charge in [0.1, 0.15) is 41.0 Å². The SMILES string of the molecule is Nc1cc(OCCO)c(N=Nc2ccc(S(=O)(=O)O)c3cc(S(=O)(=O)O)cc(O)c23)cc1OCCO. The summed E-state index contributed by atoms with van der Waals surface area (Å²) in [4.78, 5) is -1.58. The Labute approximate surface area is 204 Å². The van der Waals surface area contributed by atoms with E-state index in [-0.39, 0.29) is 60.4 Å². The van der Waals surface area contributed by atoms with E-state index >= 15 is 0 Å². The van der Waals surface area contributed by atoms with E-state index in [1.54, 1.807) is 0 Å². The van der Waals surface area contributed by atoms with Gasteiger partial charge in [-0.1, -0.05) is 0 Å². The smallest absolute Gasteiger partial charge is 0.295 e. The average Bonchev–Trinajstić information content (AvgIpc) is 2.79.